The van der Waals surface area contributed by atoms with Crippen LogP contribution in [-0.4, -0.2) is 16.8 Å². The van der Waals surface area contributed by atoms with Crippen LogP contribution < -0.4 is 0 Å². The maximum atomic E-state index is 12.5. The lowest BCUT2D eigenvalue weighted by molar-refractivity contribution is -0.138. The summed E-state index contributed by atoms with van der Waals surface area (Å²) in [6, 6.07) is 0. The van der Waals surface area contributed by atoms with Gasteiger partial charge in [0.05, 0.1) is 5.71 Å². The van der Waals surface area contributed by atoms with Crippen LogP contribution in [0.5, 0.6) is 0 Å². The van der Waals surface area contributed by atoms with Crippen molar-refractivity contribution >= 4 is 11.7 Å². The van der Waals surface area contributed by atoms with Crippen LogP contribution in [0.3, 0.4) is 0 Å². The average Bonchev–Trinajstić information content (AvgIpc) is 2.00. The third-order valence-electron chi connectivity index (χ3n) is 1.46. The maximum absolute atomic E-state index is 12.5. The van der Waals surface area contributed by atoms with Crippen LogP contribution >= 0.6 is 0 Å². The van der Waals surface area contributed by atoms with Crippen molar-refractivity contribution in [2.75, 3.05) is 0 Å². The zero-order valence-electron chi connectivity index (χ0n) is 5.84. The number of allylic oxidation sites excluding steroid dienone is 3. The molecule has 12 heavy (non-hydrogen) atoms. The first-order chi connectivity index (χ1) is 5.54. The van der Waals surface area contributed by atoms with Gasteiger partial charge in [0, 0.05) is 0 Å². The quantitative estimate of drug-likeness (QED) is 0.630. The molecule has 1 unspecified atom stereocenters. The van der Waals surface area contributed by atoms with Crippen LogP contribution in [0.1, 0.15) is 0 Å². The van der Waals surface area contributed by atoms with E-state index >= 15 is 0 Å². The van der Waals surface area contributed by atoms with E-state index in [9.17, 15) is 13.6 Å². The van der Waals surface area contributed by atoms with E-state index in [-0.39, 0.29) is 0 Å². The topological polar surface area (TPSA) is 61.2 Å². The third-order valence-corrected chi connectivity index (χ3v) is 1.46. The fourth-order valence-corrected chi connectivity index (χ4v) is 0.821. The molecule has 0 spiro atoms. The number of rotatable bonds is 1. The Kier molecular flexibility index (Phi) is 2.03. The summed E-state index contributed by atoms with van der Waals surface area (Å²) in [6.07, 6.45) is 1.65. The van der Waals surface area contributed by atoms with Crippen molar-refractivity contribution in [3.8, 4) is 0 Å². The Morgan fingerprint density at radius 1 is 1.58 bits per heavy atom. The molecular weight excluding hydrogens is 168 g/mol. The van der Waals surface area contributed by atoms with Crippen LogP contribution in [-0.2, 0) is 4.79 Å². The second kappa shape index (κ2) is 2.84. The molecule has 2 N–H and O–H groups in total. The van der Waals surface area contributed by atoms with Crippen molar-refractivity contribution in [2.45, 2.75) is 0 Å². The molecule has 5 heteroatoms. The fourth-order valence-electron chi connectivity index (χ4n) is 0.821. The van der Waals surface area contributed by atoms with Gasteiger partial charge in [-0.25, -0.2) is 8.78 Å². The Bertz CT molecular complexity index is 307. The van der Waals surface area contributed by atoms with Gasteiger partial charge >= 0.3 is 5.97 Å². The Morgan fingerprint density at radius 3 is 2.67 bits per heavy atom. The first-order valence-electron chi connectivity index (χ1n) is 3.09. The normalized spacial score (nSPS) is 23.2. The van der Waals surface area contributed by atoms with E-state index in [0.29, 0.717) is 6.08 Å². The van der Waals surface area contributed by atoms with Crippen LogP contribution in [0.4, 0.5) is 8.78 Å². The highest BCUT2D eigenvalue weighted by Gasteiger charge is 2.28. The van der Waals surface area contributed by atoms with Crippen molar-refractivity contribution in [3.63, 3.8) is 0 Å². The second-order valence-electron chi connectivity index (χ2n) is 2.25. The van der Waals surface area contributed by atoms with Gasteiger partial charge in [-0.2, -0.15) is 0 Å². The molecule has 0 heterocycles. The zero-order valence-corrected chi connectivity index (χ0v) is 5.84. The predicted molar refractivity (Wildman–Crippen MR) is 37.2 cm³/mol. The summed E-state index contributed by atoms with van der Waals surface area (Å²) in [5.74, 6) is -5.33. The SMILES string of the molecule is N=C1C(F)=C(F)C=CC1C(=O)O. The van der Waals surface area contributed by atoms with Gasteiger partial charge < -0.3 is 10.5 Å². The van der Waals surface area contributed by atoms with Gasteiger partial charge in [-0.15, -0.1) is 0 Å². The number of halogens is 2. The van der Waals surface area contributed by atoms with E-state index in [1.54, 1.807) is 0 Å². The van der Waals surface area contributed by atoms with Gasteiger partial charge in [0.25, 0.3) is 0 Å². The Labute approximate surface area is 66.5 Å². The molecule has 64 valence electrons. The lowest BCUT2D eigenvalue weighted by Crippen LogP contribution is -2.23. The first-order valence-corrected chi connectivity index (χ1v) is 3.09. The highest BCUT2D eigenvalue weighted by Crippen LogP contribution is 2.22. The molecule has 0 amide bonds. The lowest BCUT2D eigenvalue weighted by Gasteiger charge is -2.11. The van der Waals surface area contributed by atoms with E-state index in [2.05, 4.69) is 0 Å². The molecule has 0 bridgehead atoms. The van der Waals surface area contributed by atoms with E-state index < -0.39 is 29.3 Å². The minimum atomic E-state index is -1.40. The van der Waals surface area contributed by atoms with Crippen molar-refractivity contribution in [1.82, 2.24) is 0 Å². The lowest BCUT2D eigenvalue weighted by atomic mass is 9.97. The van der Waals surface area contributed by atoms with Gasteiger partial charge in [-0.1, -0.05) is 6.08 Å². The van der Waals surface area contributed by atoms with Gasteiger partial charge in [0.15, 0.2) is 11.7 Å². The first kappa shape index (κ1) is 8.58. The van der Waals surface area contributed by atoms with Crippen LogP contribution in [0.25, 0.3) is 0 Å². The van der Waals surface area contributed by atoms with E-state index in [1.165, 1.54) is 0 Å². The molecule has 0 aromatic rings. The highest BCUT2D eigenvalue weighted by molar-refractivity contribution is 6.11. The molecule has 1 aliphatic carbocycles. The number of aliphatic carboxylic acids is 1. The van der Waals surface area contributed by atoms with Crippen LogP contribution in [0, 0.1) is 11.3 Å². The van der Waals surface area contributed by atoms with Crippen LogP contribution in [0.2, 0.25) is 0 Å². The van der Waals surface area contributed by atoms with Crippen molar-refractivity contribution in [3.05, 3.63) is 23.8 Å². The summed E-state index contributed by atoms with van der Waals surface area (Å²) in [6.45, 7) is 0. The Balaban J connectivity index is 3.01. The molecule has 0 aromatic heterocycles. The zero-order chi connectivity index (χ0) is 9.30. The fraction of sp³-hybridized carbons (Fsp3) is 0.143. The number of carboxylic acids is 1. The van der Waals surface area contributed by atoms with Crippen molar-refractivity contribution in [1.29, 1.82) is 5.41 Å². The molecule has 0 saturated heterocycles. The number of hydrogen-bond donors (Lipinski definition) is 2. The van der Waals surface area contributed by atoms with Gasteiger partial charge in [0.2, 0.25) is 0 Å². The number of carboxylic acid groups (broad SMARTS) is 1. The third kappa shape index (κ3) is 1.25. The number of nitrogens with one attached hydrogen (secondary N) is 1. The summed E-state index contributed by atoms with van der Waals surface area (Å²) < 4.78 is 24.9. The molecule has 0 fully saturated rings. The van der Waals surface area contributed by atoms with E-state index in [1.807, 2.05) is 0 Å². The number of hydrogen-bond acceptors (Lipinski definition) is 2. The summed E-state index contributed by atoms with van der Waals surface area (Å²) in [7, 11) is 0. The molecule has 0 saturated carbocycles. The molecule has 3 nitrogen and oxygen atoms in total. The predicted octanol–water partition coefficient (Wildman–Crippen LogP) is 1.43. The minimum absolute atomic E-state index is 0.714. The monoisotopic (exact) mass is 173 g/mol. The van der Waals surface area contributed by atoms with E-state index in [0.717, 1.165) is 6.08 Å². The smallest absolute Gasteiger partial charge is 0.316 e. The molecule has 1 rings (SSSR count). The highest BCUT2D eigenvalue weighted by atomic mass is 19.2. The van der Waals surface area contributed by atoms with Crippen LogP contribution in [0.15, 0.2) is 23.8 Å². The molecule has 0 radical (unpaired) electrons. The summed E-state index contributed by atoms with van der Waals surface area (Å²) >= 11 is 0. The van der Waals surface area contributed by atoms with E-state index in [4.69, 9.17) is 10.5 Å². The average molecular weight is 173 g/mol. The maximum Gasteiger partial charge on any atom is 0.316 e. The summed E-state index contributed by atoms with van der Waals surface area (Å²) in [4.78, 5) is 10.3. The summed E-state index contributed by atoms with van der Waals surface area (Å²) in [5.41, 5.74) is -0.845. The van der Waals surface area contributed by atoms with Crippen molar-refractivity contribution in [2.24, 2.45) is 5.92 Å². The molecular formula is C7H5F2NO2. The molecule has 1 aliphatic rings. The standard InChI is InChI=1S/C7H5F2NO2/c8-4-2-1-3(7(11)12)6(10)5(4)9/h1-3,10H,(H,11,12). The Hall–Kier alpha value is -1.52. The largest absolute Gasteiger partial charge is 0.481 e. The van der Waals surface area contributed by atoms with Gasteiger partial charge in [-0.05, 0) is 6.08 Å². The van der Waals surface area contributed by atoms with Gasteiger partial charge in [-0.3, -0.25) is 4.79 Å². The molecule has 1 atom stereocenters. The second-order valence-corrected chi connectivity index (χ2v) is 2.25. The summed E-state index contributed by atoms with van der Waals surface area (Å²) in [5, 5.41) is 15.3. The molecule has 0 aliphatic heterocycles. The number of carbonyl (C=O) groups is 1. The minimum Gasteiger partial charge on any atom is -0.481 e. The van der Waals surface area contributed by atoms with Crippen molar-refractivity contribution < 1.29 is 18.7 Å². The van der Waals surface area contributed by atoms with Gasteiger partial charge in [0.1, 0.15) is 5.92 Å². The Morgan fingerprint density at radius 2 is 2.17 bits per heavy atom. The molecule has 0 aromatic carbocycles.